The monoisotopic (exact) mass is 354 g/mol. The van der Waals surface area contributed by atoms with Gasteiger partial charge >= 0.3 is 0 Å². The largest absolute Gasteiger partial charge is 0.342 e. The van der Waals surface area contributed by atoms with Gasteiger partial charge in [-0.1, -0.05) is 19.3 Å². The van der Waals surface area contributed by atoms with E-state index >= 15 is 0 Å². The van der Waals surface area contributed by atoms with E-state index in [0.717, 1.165) is 54.1 Å². The lowest BCUT2D eigenvalue weighted by Crippen LogP contribution is -2.44. The first-order valence-corrected chi connectivity index (χ1v) is 10.1. The highest BCUT2D eigenvalue weighted by Gasteiger charge is 2.32. The molecular weight excluding hydrogens is 324 g/mol. The highest BCUT2D eigenvalue weighted by molar-refractivity contribution is 5.76. The average molecular weight is 354 g/mol. The van der Waals surface area contributed by atoms with Crippen molar-refractivity contribution < 1.29 is 4.79 Å². The Balaban J connectivity index is 1.44. The second-order valence-corrected chi connectivity index (χ2v) is 8.25. The molecule has 2 atom stereocenters. The van der Waals surface area contributed by atoms with Crippen LogP contribution < -0.4 is 0 Å². The standard InChI is InChI=1S/C21H30N4O/c1-14-12-20-22-15(2)19(16(3)25(20)23-14)8-9-21(26)24-11-10-17-6-4-5-7-18(17)13-24/h12,17-18H,4-11,13H2,1-3H3/t17-,18-/m1/s1. The molecule has 0 N–H and O–H groups in total. The van der Waals surface area contributed by atoms with Crippen molar-refractivity contribution in [3.05, 3.63) is 28.7 Å². The predicted octanol–water partition coefficient (Wildman–Crippen LogP) is 3.63. The van der Waals surface area contributed by atoms with Crippen LogP contribution in [0, 0.1) is 32.6 Å². The number of rotatable bonds is 3. The summed E-state index contributed by atoms with van der Waals surface area (Å²) < 4.78 is 1.91. The molecule has 1 aliphatic carbocycles. The number of hydrogen-bond donors (Lipinski definition) is 0. The van der Waals surface area contributed by atoms with Crippen LogP contribution in [0.1, 0.15) is 61.2 Å². The van der Waals surface area contributed by atoms with E-state index in [1.54, 1.807) is 0 Å². The van der Waals surface area contributed by atoms with Crippen molar-refractivity contribution in [2.24, 2.45) is 11.8 Å². The first-order valence-electron chi connectivity index (χ1n) is 10.1. The van der Waals surface area contributed by atoms with Crippen LogP contribution in [-0.2, 0) is 11.2 Å². The Kier molecular flexibility index (Phi) is 4.72. The summed E-state index contributed by atoms with van der Waals surface area (Å²) in [6, 6.07) is 2.00. The topological polar surface area (TPSA) is 50.5 Å². The maximum Gasteiger partial charge on any atom is 0.222 e. The molecule has 0 unspecified atom stereocenters. The lowest BCUT2D eigenvalue weighted by atomic mass is 9.75. The van der Waals surface area contributed by atoms with E-state index in [1.807, 2.05) is 24.4 Å². The zero-order valence-electron chi connectivity index (χ0n) is 16.3. The summed E-state index contributed by atoms with van der Waals surface area (Å²) in [6.45, 7) is 8.05. The third kappa shape index (κ3) is 3.24. The lowest BCUT2D eigenvalue weighted by Gasteiger charge is -2.41. The molecule has 5 nitrogen and oxygen atoms in total. The Bertz CT molecular complexity index is 825. The Morgan fingerprint density at radius 2 is 1.92 bits per heavy atom. The Hall–Kier alpha value is -1.91. The van der Waals surface area contributed by atoms with Gasteiger partial charge in [-0.05, 0) is 57.4 Å². The van der Waals surface area contributed by atoms with Gasteiger partial charge in [0.1, 0.15) is 0 Å². The molecule has 2 aromatic rings. The summed E-state index contributed by atoms with van der Waals surface area (Å²) >= 11 is 0. The van der Waals surface area contributed by atoms with Crippen LogP contribution in [0.3, 0.4) is 0 Å². The van der Waals surface area contributed by atoms with Gasteiger partial charge in [-0.3, -0.25) is 4.79 Å². The number of aryl methyl sites for hydroxylation is 3. The fourth-order valence-electron chi connectivity index (χ4n) is 5.02. The zero-order chi connectivity index (χ0) is 18.3. The highest BCUT2D eigenvalue weighted by Crippen LogP contribution is 2.36. The highest BCUT2D eigenvalue weighted by atomic mass is 16.2. The van der Waals surface area contributed by atoms with Gasteiger partial charge in [-0.15, -0.1) is 0 Å². The quantitative estimate of drug-likeness (QED) is 0.846. The number of likely N-dealkylation sites (tertiary alicyclic amines) is 1. The summed E-state index contributed by atoms with van der Waals surface area (Å²) in [5.74, 6) is 1.92. The molecule has 0 aromatic carbocycles. The van der Waals surface area contributed by atoms with Crippen LogP contribution in [0.2, 0.25) is 0 Å². The Labute approximate surface area is 155 Å². The van der Waals surface area contributed by atoms with Gasteiger partial charge in [0.15, 0.2) is 5.65 Å². The van der Waals surface area contributed by atoms with E-state index in [4.69, 9.17) is 0 Å². The number of fused-ring (bicyclic) bond motifs is 2. The molecule has 0 bridgehead atoms. The second-order valence-electron chi connectivity index (χ2n) is 8.25. The molecule has 1 saturated carbocycles. The third-order valence-corrected chi connectivity index (χ3v) is 6.52. The number of piperidine rings is 1. The lowest BCUT2D eigenvalue weighted by molar-refractivity contribution is -0.134. The van der Waals surface area contributed by atoms with Crippen molar-refractivity contribution in [3.8, 4) is 0 Å². The minimum absolute atomic E-state index is 0.310. The first kappa shape index (κ1) is 17.5. The zero-order valence-corrected chi connectivity index (χ0v) is 16.3. The number of hydrogen-bond acceptors (Lipinski definition) is 3. The molecule has 0 spiro atoms. The van der Waals surface area contributed by atoms with Gasteiger partial charge in [-0.2, -0.15) is 5.10 Å². The molecular formula is C21H30N4O. The maximum absolute atomic E-state index is 12.8. The van der Waals surface area contributed by atoms with Crippen molar-refractivity contribution in [1.29, 1.82) is 0 Å². The smallest absolute Gasteiger partial charge is 0.222 e. The van der Waals surface area contributed by atoms with Crippen LogP contribution in [0.15, 0.2) is 6.07 Å². The minimum Gasteiger partial charge on any atom is -0.342 e. The van der Waals surface area contributed by atoms with Crippen LogP contribution in [0.4, 0.5) is 0 Å². The second kappa shape index (κ2) is 7.01. The van der Waals surface area contributed by atoms with Crippen LogP contribution in [0.5, 0.6) is 0 Å². The van der Waals surface area contributed by atoms with Gasteiger partial charge in [0, 0.05) is 37.0 Å². The molecule has 1 amide bonds. The molecule has 2 aromatic heterocycles. The van der Waals surface area contributed by atoms with Gasteiger partial charge in [0.05, 0.1) is 5.69 Å². The van der Waals surface area contributed by atoms with E-state index in [2.05, 4.69) is 21.9 Å². The average Bonchev–Trinajstić information content (AvgIpc) is 3.01. The number of carbonyl (C=O) groups excluding carboxylic acids is 1. The molecule has 4 rings (SSSR count). The summed E-state index contributed by atoms with van der Waals surface area (Å²) in [7, 11) is 0. The summed E-state index contributed by atoms with van der Waals surface area (Å²) in [5, 5.41) is 4.54. The Morgan fingerprint density at radius 1 is 1.15 bits per heavy atom. The molecule has 0 radical (unpaired) electrons. The summed E-state index contributed by atoms with van der Waals surface area (Å²) in [5.41, 5.74) is 5.17. The van der Waals surface area contributed by atoms with Crippen molar-refractivity contribution in [3.63, 3.8) is 0 Å². The third-order valence-electron chi connectivity index (χ3n) is 6.52. The normalized spacial score (nSPS) is 23.3. The van der Waals surface area contributed by atoms with Crippen molar-refractivity contribution in [2.45, 2.75) is 65.7 Å². The van der Waals surface area contributed by atoms with E-state index in [9.17, 15) is 4.79 Å². The molecule has 2 aliphatic rings. The fourth-order valence-corrected chi connectivity index (χ4v) is 5.02. The summed E-state index contributed by atoms with van der Waals surface area (Å²) in [6.07, 6.45) is 7.95. The van der Waals surface area contributed by atoms with Crippen LogP contribution in [-0.4, -0.2) is 38.5 Å². The minimum atomic E-state index is 0.310. The first-order chi connectivity index (χ1) is 12.5. The van der Waals surface area contributed by atoms with Gasteiger partial charge < -0.3 is 4.90 Å². The number of aromatic nitrogens is 3. The van der Waals surface area contributed by atoms with E-state index < -0.39 is 0 Å². The van der Waals surface area contributed by atoms with Gasteiger partial charge in [0.2, 0.25) is 5.91 Å². The van der Waals surface area contributed by atoms with Crippen molar-refractivity contribution in [2.75, 3.05) is 13.1 Å². The molecule has 1 aliphatic heterocycles. The van der Waals surface area contributed by atoms with Gasteiger partial charge in [-0.25, -0.2) is 9.50 Å². The molecule has 5 heteroatoms. The maximum atomic E-state index is 12.8. The number of nitrogens with zero attached hydrogens (tertiary/aromatic N) is 4. The Morgan fingerprint density at radius 3 is 2.73 bits per heavy atom. The van der Waals surface area contributed by atoms with Crippen LogP contribution >= 0.6 is 0 Å². The van der Waals surface area contributed by atoms with E-state index in [1.165, 1.54) is 37.7 Å². The van der Waals surface area contributed by atoms with Crippen LogP contribution in [0.25, 0.3) is 5.65 Å². The number of amides is 1. The molecule has 3 heterocycles. The fraction of sp³-hybridized carbons (Fsp3) is 0.667. The SMILES string of the molecule is Cc1cc2nc(C)c(CCC(=O)N3CC[C@H]4CCCC[C@@H]4C3)c(C)n2n1. The summed E-state index contributed by atoms with van der Waals surface area (Å²) in [4.78, 5) is 19.6. The van der Waals surface area contributed by atoms with E-state index in [-0.39, 0.29) is 0 Å². The molecule has 1 saturated heterocycles. The molecule has 140 valence electrons. The molecule has 26 heavy (non-hydrogen) atoms. The number of carbonyl (C=O) groups is 1. The van der Waals surface area contributed by atoms with Crippen molar-refractivity contribution in [1.82, 2.24) is 19.5 Å². The predicted molar refractivity (Wildman–Crippen MR) is 102 cm³/mol. The molecule has 2 fully saturated rings. The van der Waals surface area contributed by atoms with Gasteiger partial charge in [0.25, 0.3) is 0 Å². The van der Waals surface area contributed by atoms with E-state index in [0.29, 0.717) is 12.3 Å². The van der Waals surface area contributed by atoms with Crippen molar-refractivity contribution >= 4 is 11.6 Å².